The molecule has 1 rings (SSSR count). The standard InChI is InChI=1S/C10H18/c1-5-7(2)6-10-8(3)9(10)4/h7,9-10H,3,5-6H2,1-2,4H3. The molecule has 0 saturated heterocycles. The van der Waals surface area contributed by atoms with Crippen LogP contribution < -0.4 is 0 Å². The van der Waals surface area contributed by atoms with Crippen molar-refractivity contribution in [2.24, 2.45) is 17.8 Å². The van der Waals surface area contributed by atoms with Gasteiger partial charge in [0.15, 0.2) is 0 Å². The van der Waals surface area contributed by atoms with Crippen LogP contribution >= 0.6 is 0 Å². The first-order chi connectivity index (χ1) is 4.66. The van der Waals surface area contributed by atoms with Crippen molar-refractivity contribution < 1.29 is 0 Å². The maximum absolute atomic E-state index is 4.02. The first-order valence-corrected chi connectivity index (χ1v) is 4.35. The van der Waals surface area contributed by atoms with E-state index in [0.29, 0.717) is 0 Å². The van der Waals surface area contributed by atoms with E-state index in [-0.39, 0.29) is 0 Å². The SMILES string of the molecule is C=C1C(C)C1CC(C)CC. The molecular formula is C10H18. The van der Waals surface area contributed by atoms with Gasteiger partial charge in [-0.25, -0.2) is 0 Å². The predicted octanol–water partition coefficient (Wildman–Crippen LogP) is 3.24. The van der Waals surface area contributed by atoms with Gasteiger partial charge in [-0.1, -0.05) is 39.3 Å². The summed E-state index contributed by atoms with van der Waals surface area (Å²) in [5, 5.41) is 0. The predicted molar refractivity (Wildman–Crippen MR) is 45.9 cm³/mol. The van der Waals surface area contributed by atoms with Crippen molar-refractivity contribution in [3.8, 4) is 0 Å². The topological polar surface area (TPSA) is 0 Å². The molecule has 1 aliphatic carbocycles. The van der Waals surface area contributed by atoms with Gasteiger partial charge in [0.1, 0.15) is 0 Å². The lowest BCUT2D eigenvalue weighted by molar-refractivity contribution is 0.473. The van der Waals surface area contributed by atoms with E-state index >= 15 is 0 Å². The largest absolute Gasteiger partial charge is 0.0993 e. The van der Waals surface area contributed by atoms with Crippen molar-refractivity contribution in [1.29, 1.82) is 0 Å². The fraction of sp³-hybridized carbons (Fsp3) is 0.800. The second-order valence-corrected chi connectivity index (χ2v) is 3.72. The summed E-state index contributed by atoms with van der Waals surface area (Å²) in [6.45, 7) is 10.9. The van der Waals surface area contributed by atoms with E-state index in [4.69, 9.17) is 0 Å². The second kappa shape index (κ2) is 2.77. The van der Waals surface area contributed by atoms with E-state index in [2.05, 4.69) is 27.4 Å². The van der Waals surface area contributed by atoms with Gasteiger partial charge < -0.3 is 0 Å². The summed E-state index contributed by atoms with van der Waals surface area (Å²) >= 11 is 0. The zero-order chi connectivity index (χ0) is 7.72. The zero-order valence-corrected chi connectivity index (χ0v) is 7.35. The minimum atomic E-state index is 0.828. The van der Waals surface area contributed by atoms with E-state index in [1.807, 2.05) is 0 Å². The van der Waals surface area contributed by atoms with Crippen LogP contribution in [0.5, 0.6) is 0 Å². The average Bonchev–Trinajstić information content (AvgIpc) is 2.45. The molecule has 0 spiro atoms. The van der Waals surface area contributed by atoms with Crippen LogP contribution in [0, 0.1) is 17.8 Å². The summed E-state index contributed by atoms with van der Waals surface area (Å²) in [5.41, 5.74) is 1.49. The van der Waals surface area contributed by atoms with E-state index in [0.717, 1.165) is 17.8 Å². The maximum Gasteiger partial charge on any atom is -0.0137 e. The monoisotopic (exact) mass is 138 g/mol. The fourth-order valence-corrected chi connectivity index (χ4v) is 1.50. The molecule has 0 heterocycles. The van der Waals surface area contributed by atoms with E-state index < -0.39 is 0 Å². The van der Waals surface area contributed by atoms with Crippen LogP contribution in [0.2, 0.25) is 0 Å². The smallest absolute Gasteiger partial charge is 0.0137 e. The molecule has 3 atom stereocenters. The third-order valence-electron chi connectivity index (χ3n) is 2.91. The molecule has 0 heteroatoms. The maximum atomic E-state index is 4.02. The second-order valence-electron chi connectivity index (χ2n) is 3.72. The third kappa shape index (κ3) is 1.42. The molecule has 0 radical (unpaired) electrons. The van der Waals surface area contributed by atoms with Crippen molar-refractivity contribution in [2.75, 3.05) is 0 Å². The highest BCUT2D eigenvalue weighted by molar-refractivity contribution is 5.24. The molecule has 1 fully saturated rings. The molecule has 1 saturated carbocycles. The van der Waals surface area contributed by atoms with Crippen LogP contribution in [-0.4, -0.2) is 0 Å². The van der Waals surface area contributed by atoms with Gasteiger partial charge in [-0.2, -0.15) is 0 Å². The van der Waals surface area contributed by atoms with Crippen LogP contribution in [0.3, 0.4) is 0 Å². The average molecular weight is 138 g/mol. The quantitative estimate of drug-likeness (QED) is 0.525. The number of hydrogen-bond donors (Lipinski definition) is 0. The van der Waals surface area contributed by atoms with E-state index in [1.165, 1.54) is 18.4 Å². The van der Waals surface area contributed by atoms with Gasteiger partial charge in [0.2, 0.25) is 0 Å². The van der Waals surface area contributed by atoms with E-state index in [1.54, 1.807) is 0 Å². The molecule has 0 aromatic rings. The Hall–Kier alpha value is -0.260. The Morgan fingerprint density at radius 3 is 2.40 bits per heavy atom. The lowest BCUT2D eigenvalue weighted by Gasteiger charge is -2.04. The van der Waals surface area contributed by atoms with Gasteiger partial charge in [-0.05, 0) is 24.2 Å². The number of rotatable bonds is 3. The minimum Gasteiger partial charge on any atom is -0.0993 e. The summed E-state index contributed by atoms with van der Waals surface area (Å²) in [6, 6.07) is 0. The summed E-state index contributed by atoms with van der Waals surface area (Å²) in [7, 11) is 0. The first kappa shape index (κ1) is 7.84. The van der Waals surface area contributed by atoms with Crippen molar-refractivity contribution in [3.05, 3.63) is 12.2 Å². The molecule has 10 heavy (non-hydrogen) atoms. The van der Waals surface area contributed by atoms with Gasteiger partial charge in [0, 0.05) is 0 Å². The summed E-state index contributed by atoms with van der Waals surface area (Å²) in [6.07, 6.45) is 2.69. The zero-order valence-electron chi connectivity index (χ0n) is 7.35. The van der Waals surface area contributed by atoms with Crippen LogP contribution in [0.1, 0.15) is 33.6 Å². The molecule has 0 aliphatic heterocycles. The number of hydrogen-bond acceptors (Lipinski definition) is 0. The number of allylic oxidation sites excluding steroid dienone is 1. The lowest BCUT2D eigenvalue weighted by atomic mass is 10.0. The van der Waals surface area contributed by atoms with Crippen molar-refractivity contribution in [1.82, 2.24) is 0 Å². The van der Waals surface area contributed by atoms with Crippen LogP contribution in [0.15, 0.2) is 12.2 Å². The molecule has 1 aliphatic rings. The molecule has 0 aromatic heterocycles. The molecule has 3 unspecified atom stereocenters. The third-order valence-corrected chi connectivity index (χ3v) is 2.91. The normalized spacial score (nSPS) is 34.1. The Bertz CT molecular complexity index is 135. The summed E-state index contributed by atoms with van der Waals surface area (Å²) < 4.78 is 0. The Kier molecular flexibility index (Phi) is 2.18. The molecule has 0 amide bonds. The Labute approximate surface area is 64.3 Å². The molecule has 0 aromatic carbocycles. The van der Waals surface area contributed by atoms with E-state index in [9.17, 15) is 0 Å². The Morgan fingerprint density at radius 2 is 2.10 bits per heavy atom. The minimum absolute atomic E-state index is 0.828. The molecule has 0 N–H and O–H groups in total. The van der Waals surface area contributed by atoms with Crippen molar-refractivity contribution in [2.45, 2.75) is 33.6 Å². The van der Waals surface area contributed by atoms with Gasteiger partial charge in [-0.3, -0.25) is 0 Å². The molecular weight excluding hydrogens is 120 g/mol. The lowest BCUT2D eigenvalue weighted by Crippen LogP contribution is -1.93. The van der Waals surface area contributed by atoms with Gasteiger partial charge in [0.25, 0.3) is 0 Å². The Morgan fingerprint density at radius 1 is 1.60 bits per heavy atom. The van der Waals surface area contributed by atoms with Gasteiger partial charge in [0.05, 0.1) is 0 Å². The summed E-state index contributed by atoms with van der Waals surface area (Å²) in [4.78, 5) is 0. The summed E-state index contributed by atoms with van der Waals surface area (Å²) in [5.74, 6) is 2.59. The van der Waals surface area contributed by atoms with Crippen molar-refractivity contribution in [3.63, 3.8) is 0 Å². The van der Waals surface area contributed by atoms with Crippen LogP contribution in [0.25, 0.3) is 0 Å². The molecule has 58 valence electrons. The molecule has 0 bridgehead atoms. The van der Waals surface area contributed by atoms with Gasteiger partial charge >= 0.3 is 0 Å². The Balaban J connectivity index is 2.22. The highest BCUT2D eigenvalue weighted by atomic mass is 14.4. The van der Waals surface area contributed by atoms with Crippen LogP contribution in [-0.2, 0) is 0 Å². The highest BCUT2D eigenvalue weighted by Gasteiger charge is 2.37. The van der Waals surface area contributed by atoms with Gasteiger partial charge in [-0.15, -0.1) is 0 Å². The first-order valence-electron chi connectivity index (χ1n) is 4.35. The fourth-order valence-electron chi connectivity index (χ4n) is 1.50. The highest BCUT2D eigenvalue weighted by Crippen LogP contribution is 2.47. The van der Waals surface area contributed by atoms with Crippen molar-refractivity contribution >= 4 is 0 Å². The van der Waals surface area contributed by atoms with Crippen LogP contribution in [0.4, 0.5) is 0 Å². The molecule has 0 nitrogen and oxygen atoms in total.